The lowest BCUT2D eigenvalue weighted by Gasteiger charge is -2.24. The van der Waals surface area contributed by atoms with E-state index in [0.29, 0.717) is 22.8 Å². The van der Waals surface area contributed by atoms with Crippen LogP contribution in [-0.4, -0.2) is 58.9 Å². The monoisotopic (exact) mass is 517 g/mol. The highest BCUT2D eigenvalue weighted by Crippen LogP contribution is 2.33. The number of thioether (sulfide) groups is 1. The summed E-state index contributed by atoms with van der Waals surface area (Å²) in [5.74, 6) is -0.870. The number of ether oxygens (including phenoxy) is 2. The molecular formula is C24H31N5O6S. The Morgan fingerprint density at radius 3 is 2.61 bits per heavy atom. The Balaban J connectivity index is 1.54. The lowest BCUT2D eigenvalue weighted by Crippen LogP contribution is -2.42. The predicted molar refractivity (Wildman–Crippen MR) is 136 cm³/mol. The molecule has 2 atom stereocenters. The summed E-state index contributed by atoms with van der Waals surface area (Å²) in [6.45, 7) is 4.45. The summed E-state index contributed by atoms with van der Waals surface area (Å²) in [7, 11) is 0. The van der Waals surface area contributed by atoms with Gasteiger partial charge in [0.2, 0.25) is 5.95 Å². The van der Waals surface area contributed by atoms with Crippen molar-refractivity contribution in [2.45, 2.75) is 55.7 Å². The Kier molecular flexibility index (Phi) is 9.74. The van der Waals surface area contributed by atoms with Gasteiger partial charge in [0.1, 0.15) is 16.8 Å². The average molecular weight is 518 g/mol. The van der Waals surface area contributed by atoms with Crippen LogP contribution in [0.4, 0.5) is 11.8 Å². The minimum atomic E-state index is -0.951. The number of esters is 2. The van der Waals surface area contributed by atoms with Crippen LogP contribution in [0.3, 0.4) is 0 Å². The number of aryl methyl sites for hydroxylation is 1. The molecule has 12 heteroatoms. The lowest BCUT2D eigenvalue weighted by molar-refractivity contribution is -0.146. The maximum atomic E-state index is 12.7. The van der Waals surface area contributed by atoms with E-state index >= 15 is 0 Å². The summed E-state index contributed by atoms with van der Waals surface area (Å²) in [5, 5.41) is 6.00. The van der Waals surface area contributed by atoms with E-state index in [0.717, 1.165) is 18.4 Å². The summed E-state index contributed by atoms with van der Waals surface area (Å²) < 4.78 is 9.93. The fraction of sp³-hybridized carbons (Fsp3) is 0.458. The molecule has 0 fully saturated rings. The van der Waals surface area contributed by atoms with E-state index in [1.165, 1.54) is 11.8 Å². The van der Waals surface area contributed by atoms with Gasteiger partial charge in [0.15, 0.2) is 0 Å². The van der Waals surface area contributed by atoms with Crippen LogP contribution in [0.15, 0.2) is 34.0 Å². The van der Waals surface area contributed by atoms with Crippen LogP contribution in [0.25, 0.3) is 0 Å². The number of anilines is 2. The van der Waals surface area contributed by atoms with E-state index in [1.54, 1.807) is 26.0 Å². The quantitative estimate of drug-likeness (QED) is 0.323. The highest BCUT2D eigenvalue weighted by Gasteiger charge is 2.25. The highest BCUT2D eigenvalue weighted by atomic mass is 32.2. The smallest absolute Gasteiger partial charge is 0.328 e. The zero-order chi connectivity index (χ0) is 26.1. The number of fused-ring (bicyclic) bond motifs is 1. The number of carbonyl (C=O) groups excluding carboxylic acids is 3. The number of nitrogens with two attached hydrogens (primary N) is 1. The molecule has 2 heterocycles. The Morgan fingerprint density at radius 2 is 1.92 bits per heavy atom. The number of hydrogen-bond acceptors (Lipinski definition) is 10. The number of nitrogens with zero attached hydrogens (tertiary/aromatic N) is 1. The molecule has 36 heavy (non-hydrogen) atoms. The summed E-state index contributed by atoms with van der Waals surface area (Å²) >= 11 is 1.48. The van der Waals surface area contributed by atoms with Gasteiger partial charge >= 0.3 is 11.9 Å². The molecule has 0 spiro atoms. The van der Waals surface area contributed by atoms with Gasteiger partial charge in [-0.25, -0.2) is 4.79 Å². The van der Waals surface area contributed by atoms with Gasteiger partial charge in [-0.2, -0.15) is 4.98 Å². The Labute approximate surface area is 212 Å². The molecule has 3 rings (SSSR count). The molecule has 0 saturated carbocycles. The fourth-order valence-electron chi connectivity index (χ4n) is 3.67. The van der Waals surface area contributed by atoms with E-state index in [9.17, 15) is 19.2 Å². The van der Waals surface area contributed by atoms with Crippen molar-refractivity contribution in [2.75, 3.05) is 30.8 Å². The number of aromatic amines is 1. The number of rotatable bonds is 11. The third-order valence-corrected chi connectivity index (χ3v) is 6.82. The van der Waals surface area contributed by atoms with Gasteiger partial charge in [-0.15, -0.1) is 11.8 Å². The minimum absolute atomic E-state index is 0.00956. The number of benzene rings is 1. The number of H-pyrrole nitrogens is 1. The second-order valence-corrected chi connectivity index (χ2v) is 9.42. The van der Waals surface area contributed by atoms with Gasteiger partial charge in [0.05, 0.1) is 13.2 Å². The van der Waals surface area contributed by atoms with Crippen LogP contribution >= 0.6 is 11.8 Å². The number of nitrogen functional groups attached to an aromatic ring is 1. The molecule has 11 nitrogen and oxygen atoms in total. The number of nitrogens with one attached hydrogen (secondary N) is 3. The third kappa shape index (κ3) is 7.48. The topological polar surface area (TPSA) is 165 Å². The van der Waals surface area contributed by atoms with Gasteiger partial charge in [-0.05, 0) is 50.8 Å². The van der Waals surface area contributed by atoms with Crippen molar-refractivity contribution in [2.24, 2.45) is 0 Å². The van der Waals surface area contributed by atoms with Gasteiger partial charge in [0, 0.05) is 23.8 Å². The molecular weight excluding hydrogens is 486 g/mol. The van der Waals surface area contributed by atoms with E-state index in [4.69, 9.17) is 15.2 Å². The van der Waals surface area contributed by atoms with Crippen molar-refractivity contribution in [1.29, 1.82) is 0 Å². The van der Waals surface area contributed by atoms with Crippen molar-refractivity contribution in [3.8, 4) is 0 Å². The zero-order valence-electron chi connectivity index (χ0n) is 20.3. The van der Waals surface area contributed by atoms with Crippen LogP contribution in [-0.2, 0) is 25.5 Å². The Morgan fingerprint density at radius 1 is 1.19 bits per heavy atom. The summed E-state index contributed by atoms with van der Waals surface area (Å²) in [6, 6.07) is 6.15. The SMILES string of the molecule is CCOC(=O)CCC(NC(=O)c1ccc(CCC2CNc3nc(N)[nH]c(=O)c3S2)cc1)C(=O)OCC. The maximum absolute atomic E-state index is 12.7. The summed E-state index contributed by atoms with van der Waals surface area (Å²) in [4.78, 5) is 56.0. The first kappa shape index (κ1) is 27.1. The molecule has 1 amide bonds. The van der Waals surface area contributed by atoms with E-state index in [-0.39, 0.29) is 42.8 Å². The second kappa shape index (κ2) is 13.0. The molecule has 2 unspecified atom stereocenters. The lowest BCUT2D eigenvalue weighted by atomic mass is 10.0. The summed E-state index contributed by atoms with van der Waals surface area (Å²) in [5.41, 5.74) is 6.77. The zero-order valence-corrected chi connectivity index (χ0v) is 21.1. The third-order valence-electron chi connectivity index (χ3n) is 5.47. The molecule has 2 aromatic rings. The molecule has 194 valence electrons. The van der Waals surface area contributed by atoms with Gasteiger partial charge < -0.3 is 25.8 Å². The van der Waals surface area contributed by atoms with E-state index < -0.39 is 23.9 Å². The minimum Gasteiger partial charge on any atom is -0.466 e. The van der Waals surface area contributed by atoms with Gasteiger partial charge in [0.25, 0.3) is 11.5 Å². The molecule has 0 saturated heterocycles. The highest BCUT2D eigenvalue weighted by molar-refractivity contribution is 8.00. The molecule has 1 aromatic heterocycles. The van der Waals surface area contributed by atoms with E-state index in [1.807, 2.05) is 12.1 Å². The van der Waals surface area contributed by atoms with Gasteiger partial charge in [-0.3, -0.25) is 19.4 Å². The van der Waals surface area contributed by atoms with Crippen LogP contribution < -0.4 is 21.9 Å². The average Bonchev–Trinajstić information content (AvgIpc) is 2.85. The molecule has 5 N–H and O–H groups in total. The van der Waals surface area contributed by atoms with Crippen LogP contribution in [0.5, 0.6) is 0 Å². The van der Waals surface area contributed by atoms with Crippen molar-refractivity contribution in [3.05, 3.63) is 45.7 Å². The number of aromatic nitrogens is 2. The van der Waals surface area contributed by atoms with Crippen LogP contribution in [0.2, 0.25) is 0 Å². The first-order chi connectivity index (χ1) is 17.3. The largest absolute Gasteiger partial charge is 0.466 e. The fourth-order valence-corrected chi connectivity index (χ4v) is 4.79. The molecule has 1 aromatic carbocycles. The number of hydrogen-bond donors (Lipinski definition) is 4. The first-order valence-electron chi connectivity index (χ1n) is 11.8. The van der Waals surface area contributed by atoms with Gasteiger partial charge in [-0.1, -0.05) is 12.1 Å². The van der Waals surface area contributed by atoms with Crippen molar-refractivity contribution in [1.82, 2.24) is 15.3 Å². The van der Waals surface area contributed by atoms with Crippen LogP contribution in [0.1, 0.15) is 49.0 Å². The molecule has 0 bridgehead atoms. The maximum Gasteiger partial charge on any atom is 0.328 e. The molecule has 0 radical (unpaired) electrons. The Hall–Kier alpha value is -3.54. The van der Waals surface area contributed by atoms with Crippen LogP contribution in [0, 0.1) is 0 Å². The van der Waals surface area contributed by atoms with Crippen molar-refractivity contribution < 1.29 is 23.9 Å². The van der Waals surface area contributed by atoms with Crippen molar-refractivity contribution >= 4 is 41.4 Å². The first-order valence-corrected chi connectivity index (χ1v) is 12.7. The van der Waals surface area contributed by atoms with E-state index in [2.05, 4.69) is 20.6 Å². The number of amides is 1. The van der Waals surface area contributed by atoms with Crippen molar-refractivity contribution in [3.63, 3.8) is 0 Å². The predicted octanol–water partition coefficient (Wildman–Crippen LogP) is 1.88. The molecule has 1 aliphatic heterocycles. The second-order valence-electron chi connectivity index (χ2n) is 8.11. The normalized spacial score (nSPS) is 15.2. The Bertz CT molecular complexity index is 1140. The number of carbonyl (C=O) groups is 3. The molecule has 1 aliphatic rings. The molecule has 0 aliphatic carbocycles. The summed E-state index contributed by atoms with van der Waals surface area (Å²) in [6.07, 6.45) is 1.64. The standard InChI is InChI=1S/C24H31N5O6S/c1-3-34-18(30)12-11-17(23(33)35-4-2)27-21(31)15-8-5-14(6-9-15)7-10-16-13-26-20-19(36-16)22(32)29-24(25)28-20/h5-6,8-9,16-17H,3-4,7,10-13H2,1-2H3,(H,27,31)(H4,25,26,28,29,32).